The minimum Gasteiger partial charge on any atom is -0.258 e. The Morgan fingerprint density at radius 2 is 1.54 bits per heavy atom. The van der Waals surface area contributed by atoms with Crippen molar-refractivity contribution in [3.63, 3.8) is 0 Å². The Bertz CT molecular complexity index is 236. The van der Waals surface area contributed by atoms with Crippen molar-refractivity contribution in [2.75, 3.05) is 0 Å². The fourth-order valence-corrected chi connectivity index (χ4v) is 0.550. The number of non-ortho nitro benzene ring substituents is 1. The monoisotopic (exact) mass is 181 g/mol. The van der Waals surface area contributed by atoms with Crippen molar-refractivity contribution in [3.8, 4) is 0 Å². The van der Waals surface area contributed by atoms with Gasteiger partial charge in [-0.05, 0) is 0 Å². The Morgan fingerprint density at radius 3 is 1.77 bits per heavy atom. The smallest absolute Gasteiger partial charge is 0.258 e. The van der Waals surface area contributed by atoms with Gasteiger partial charge in [-0.1, -0.05) is 18.2 Å². The number of nitro benzene ring substituents is 1. The third kappa shape index (κ3) is 6.36. The molecule has 2 N–H and O–H groups in total. The van der Waals surface area contributed by atoms with E-state index in [4.69, 9.17) is 11.1 Å². The highest BCUT2D eigenvalue weighted by molar-refractivity contribution is 5.27. The molecule has 5 heteroatoms. The summed E-state index contributed by atoms with van der Waals surface area (Å²) in [4.78, 5) is 9.59. The molecule has 0 atom stereocenters. The van der Waals surface area contributed by atoms with E-state index in [9.17, 15) is 10.1 Å². The van der Waals surface area contributed by atoms with E-state index in [0.29, 0.717) is 0 Å². The van der Waals surface area contributed by atoms with E-state index in [0.717, 1.165) is 0 Å². The predicted molar refractivity (Wildman–Crippen MR) is 49.8 cm³/mol. The first-order chi connectivity index (χ1) is 6.30. The van der Waals surface area contributed by atoms with Crippen LogP contribution >= 0.6 is 0 Å². The molecule has 0 amide bonds. The van der Waals surface area contributed by atoms with Gasteiger partial charge in [0.2, 0.25) is 0 Å². The summed E-state index contributed by atoms with van der Waals surface area (Å²) < 4.78 is 0. The van der Waals surface area contributed by atoms with Gasteiger partial charge >= 0.3 is 0 Å². The van der Waals surface area contributed by atoms with E-state index in [1.807, 2.05) is 0 Å². The maximum absolute atomic E-state index is 10.0. The van der Waals surface area contributed by atoms with Crippen molar-refractivity contribution >= 4 is 5.69 Å². The number of benzene rings is 1. The van der Waals surface area contributed by atoms with E-state index in [1.165, 1.54) is 12.1 Å². The molecule has 0 aliphatic carbocycles. The van der Waals surface area contributed by atoms with E-state index >= 15 is 0 Å². The molecule has 5 nitrogen and oxygen atoms in total. The Kier molecular flexibility index (Phi) is 10.4. The number of nitrogens with one attached hydrogen (secondary N) is 2. The van der Waals surface area contributed by atoms with E-state index < -0.39 is 4.92 Å². The van der Waals surface area contributed by atoms with Crippen molar-refractivity contribution in [1.82, 2.24) is 0 Å². The highest BCUT2D eigenvalue weighted by Gasteiger charge is 1.98. The summed E-state index contributed by atoms with van der Waals surface area (Å²) in [5.74, 6) is 0. The summed E-state index contributed by atoms with van der Waals surface area (Å²) in [5.41, 5.74) is 10.1. The first-order valence-corrected chi connectivity index (χ1v) is 3.25. The second-order valence-corrected chi connectivity index (χ2v) is 1.59. The third-order valence-electron chi connectivity index (χ3n) is 0.967. The third-order valence-corrected chi connectivity index (χ3v) is 0.967. The lowest BCUT2D eigenvalue weighted by Crippen LogP contribution is -1.84. The molecule has 1 aromatic carbocycles. The summed E-state index contributed by atoms with van der Waals surface area (Å²) in [6.45, 7) is 6.00. The van der Waals surface area contributed by atoms with E-state index in [1.54, 1.807) is 18.2 Å². The molecule has 0 unspecified atom stereocenters. The summed E-state index contributed by atoms with van der Waals surface area (Å²) in [6.07, 6.45) is 0. The minimum atomic E-state index is -0.417. The van der Waals surface area contributed by atoms with Crippen molar-refractivity contribution in [1.29, 1.82) is 11.1 Å². The standard InChI is InChI=1S/C6H5NO2.C2H4.H2N2/c8-7(9)6-4-2-1-3-5-6;2*1-2/h1-5H;1-2H2;1-2H. The largest absolute Gasteiger partial charge is 0.269 e. The molecule has 0 saturated heterocycles. The number of para-hydroxylation sites is 1. The highest BCUT2D eigenvalue weighted by atomic mass is 16.6. The molecule has 0 heterocycles. The summed E-state index contributed by atoms with van der Waals surface area (Å²) >= 11 is 0. The van der Waals surface area contributed by atoms with Crippen molar-refractivity contribution in [2.24, 2.45) is 0 Å². The fraction of sp³-hybridized carbons (Fsp3) is 0. The molecular formula is C8H11N3O2. The van der Waals surface area contributed by atoms with E-state index in [-0.39, 0.29) is 5.69 Å². The fourth-order valence-electron chi connectivity index (χ4n) is 0.550. The van der Waals surface area contributed by atoms with Gasteiger partial charge in [-0.15, -0.1) is 13.2 Å². The van der Waals surface area contributed by atoms with Gasteiger partial charge in [0.1, 0.15) is 0 Å². The first kappa shape index (κ1) is 13.5. The summed E-state index contributed by atoms with van der Waals surface area (Å²) in [6, 6.07) is 7.93. The van der Waals surface area contributed by atoms with Crippen LogP contribution < -0.4 is 0 Å². The summed E-state index contributed by atoms with van der Waals surface area (Å²) in [5, 5.41) is 10.0. The molecule has 1 rings (SSSR count). The maximum Gasteiger partial charge on any atom is 0.269 e. The van der Waals surface area contributed by atoms with E-state index in [2.05, 4.69) is 13.2 Å². The number of rotatable bonds is 1. The molecule has 0 fully saturated rings. The van der Waals surface area contributed by atoms with Gasteiger partial charge in [0.05, 0.1) is 4.92 Å². The topological polar surface area (TPSA) is 90.8 Å². The van der Waals surface area contributed by atoms with Crippen LogP contribution in [-0.4, -0.2) is 4.92 Å². The van der Waals surface area contributed by atoms with Crippen LogP contribution in [0.1, 0.15) is 0 Å². The quantitative estimate of drug-likeness (QED) is 0.301. The minimum absolute atomic E-state index is 0.137. The number of hydrogen-bond donors (Lipinski definition) is 2. The van der Waals surface area contributed by atoms with Crippen LogP contribution in [0.3, 0.4) is 0 Å². The lowest BCUT2D eigenvalue weighted by Gasteiger charge is -1.85. The molecular weight excluding hydrogens is 170 g/mol. The molecule has 0 spiro atoms. The Hall–Kier alpha value is -2.04. The molecule has 0 saturated carbocycles. The highest BCUT2D eigenvalue weighted by Crippen LogP contribution is 2.06. The number of nitrogens with zero attached hydrogens (tertiary/aromatic N) is 1. The first-order valence-electron chi connectivity index (χ1n) is 3.25. The van der Waals surface area contributed by atoms with Gasteiger partial charge in [-0.25, -0.2) is 11.1 Å². The molecule has 0 bridgehead atoms. The van der Waals surface area contributed by atoms with Gasteiger partial charge in [0.15, 0.2) is 0 Å². The van der Waals surface area contributed by atoms with Crippen LogP contribution in [-0.2, 0) is 0 Å². The average Bonchev–Trinajstić information content (AvgIpc) is 2.25. The lowest BCUT2D eigenvalue weighted by atomic mass is 10.3. The van der Waals surface area contributed by atoms with Crippen LogP contribution in [0.15, 0.2) is 43.5 Å². The molecule has 1 aromatic rings. The Balaban J connectivity index is 0. The SMILES string of the molecule is C=C.N=N.O=[N+]([O-])c1ccccc1. The van der Waals surface area contributed by atoms with Crippen molar-refractivity contribution in [3.05, 3.63) is 53.6 Å². The van der Waals surface area contributed by atoms with Crippen LogP contribution in [0, 0.1) is 21.2 Å². The van der Waals surface area contributed by atoms with Gasteiger partial charge in [0.25, 0.3) is 5.69 Å². The molecule has 13 heavy (non-hydrogen) atoms. The van der Waals surface area contributed by atoms with Gasteiger partial charge in [-0.3, -0.25) is 10.1 Å². The van der Waals surface area contributed by atoms with Crippen molar-refractivity contribution in [2.45, 2.75) is 0 Å². The van der Waals surface area contributed by atoms with Gasteiger partial charge in [-0.2, -0.15) is 0 Å². The zero-order valence-corrected chi connectivity index (χ0v) is 7.06. The molecule has 70 valence electrons. The zero-order chi connectivity index (χ0) is 10.7. The average molecular weight is 181 g/mol. The number of hydrogen-bond acceptors (Lipinski definition) is 4. The van der Waals surface area contributed by atoms with Gasteiger partial charge in [0, 0.05) is 12.1 Å². The zero-order valence-electron chi connectivity index (χ0n) is 7.06. The Labute approximate surface area is 76.2 Å². The second kappa shape index (κ2) is 9.96. The second-order valence-electron chi connectivity index (χ2n) is 1.59. The van der Waals surface area contributed by atoms with Crippen LogP contribution in [0.5, 0.6) is 0 Å². The normalized spacial score (nSPS) is 6.77. The molecule has 0 aliphatic heterocycles. The molecule has 0 aromatic heterocycles. The maximum atomic E-state index is 10.0. The van der Waals surface area contributed by atoms with Gasteiger partial charge < -0.3 is 0 Å². The van der Waals surface area contributed by atoms with Crippen LogP contribution in [0.4, 0.5) is 5.69 Å². The molecule has 0 aliphatic rings. The molecule has 0 radical (unpaired) electrons. The lowest BCUT2D eigenvalue weighted by molar-refractivity contribution is -0.384. The predicted octanol–water partition coefficient (Wildman–Crippen LogP) is 2.99. The summed E-state index contributed by atoms with van der Waals surface area (Å²) in [7, 11) is 0. The Morgan fingerprint density at radius 1 is 1.15 bits per heavy atom. The van der Waals surface area contributed by atoms with Crippen LogP contribution in [0.2, 0.25) is 0 Å². The van der Waals surface area contributed by atoms with Crippen LogP contribution in [0.25, 0.3) is 0 Å². The van der Waals surface area contributed by atoms with Crippen molar-refractivity contribution < 1.29 is 4.92 Å². The number of nitro groups is 1.